The first kappa shape index (κ1) is 10.5. The Morgan fingerprint density at radius 2 is 2.21 bits per heavy atom. The molecule has 0 aromatic heterocycles. The maximum absolute atomic E-state index is 12.2. The third kappa shape index (κ3) is 2.00. The molecule has 5 heteroatoms. The standard InChI is InChI=1S/C9H10FNO3/c10-4-5-1-2-7(12)6(3-5)8(11)9(13)14/h1-3,8,12H,4,11H2,(H,13,14). The summed E-state index contributed by atoms with van der Waals surface area (Å²) in [7, 11) is 0. The molecule has 1 rings (SSSR count). The lowest BCUT2D eigenvalue weighted by molar-refractivity contribution is -0.138. The minimum Gasteiger partial charge on any atom is -0.508 e. The van der Waals surface area contributed by atoms with Crippen LogP contribution >= 0.6 is 0 Å². The van der Waals surface area contributed by atoms with E-state index in [1.165, 1.54) is 18.2 Å². The molecule has 0 aliphatic carbocycles. The number of hydrogen-bond donors (Lipinski definition) is 3. The van der Waals surface area contributed by atoms with Gasteiger partial charge in [0.05, 0.1) is 0 Å². The molecule has 4 N–H and O–H groups in total. The van der Waals surface area contributed by atoms with E-state index in [-0.39, 0.29) is 16.9 Å². The molecule has 14 heavy (non-hydrogen) atoms. The fourth-order valence-electron chi connectivity index (χ4n) is 1.07. The predicted octanol–water partition coefficient (Wildman–Crippen LogP) is 0.946. The van der Waals surface area contributed by atoms with Crippen molar-refractivity contribution in [2.75, 3.05) is 0 Å². The van der Waals surface area contributed by atoms with E-state index in [0.29, 0.717) is 0 Å². The second-order valence-electron chi connectivity index (χ2n) is 2.84. The van der Waals surface area contributed by atoms with Crippen molar-refractivity contribution in [1.82, 2.24) is 0 Å². The van der Waals surface area contributed by atoms with E-state index in [9.17, 15) is 14.3 Å². The summed E-state index contributed by atoms with van der Waals surface area (Å²) in [4.78, 5) is 10.5. The number of phenols is 1. The van der Waals surface area contributed by atoms with Crippen LogP contribution in [0.15, 0.2) is 18.2 Å². The number of aliphatic carboxylic acids is 1. The Morgan fingerprint density at radius 1 is 1.57 bits per heavy atom. The van der Waals surface area contributed by atoms with Gasteiger partial charge in [0.25, 0.3) is 0 Å². The quantitative estimate of drug-likeness (QED) is 0.676. The highest BCUT2D eigenvalue weighted by atomic mass is 19.1. The monoisotopic (exact) mass is 199 g/mol. The third-order valence-electron chi connectivity index (χ3n) is 1.85. The predicted molar refractivity (Wildman–Crippen MR) is 47.5 cm³/mol. The molecule has 0 aliphatic rings. The zero-order valence-corrected chi connectivity index (χ0v) is 7.27. The van der Waals surface area contributed by atoms with Crippen molar-refractivity contribution in [1.29, 1.82) is 0 Å². The molecule has 0 saturated heterocycles. The van der Waals surface area contributed by atoms with Crippen molar-refractivity contribution in [3.05, 3.63) is 29.3 Å². The van der Waals surface area contributed by atoms with Crippen LogP contribution < -0.4 is 5.73 Å². The zero-order valence-electron chi connectivity index (χ0n) is 7.27. The fraction of sp³-hybridized carbons (Fsp3) is 0.222. The normalized spacial score (nSPS) is 12.4. The van der Waals surface area contributed by atoms with Crippen molar-refractivity contribution in [2.45, 2.75) is 12.7 Å². The average Bonchev–Trinajstić information content (AvgIpc) is 2.17. The van der Waals surface area contributed by atoms with Gasteiger partial charge in [-0.1, -0.05) is 6.07 Å². The third-order valence-corrected chi connectivity index (χ3v) is 1.85. The summed E-state index contributed by atoms with van der Waals surface area (Å²) < 4.78 is 12.2. The van der Waals surface area contributed by atoms with Crippen LogP contribution in [0.3, 0.4) is 0 Å². The van der Waals surface area contributed by atoms with Gasteiger partial charge in [-0.2, -0.15) is 0 Å². The van der Waals surface area contributed by atoms with Gasteiger partial charge in [0.15, 0.2) is 0 Å². The van der Waals surface area contributed by atoms with Crippen LogP contribution in [-0.2, 0) is 11.5 Å². The summed E-state index contributed by atoms with van der Waals surface area (Å²) in [5.74, 6) is -1.51. The molecule has 0 fully saturated rings. The maximum atomic E-state index is 12.2. The van der Waals surface area contributed by atoms with Crippen molar-refractivity contribution >= 4 is 5.97 Å². The number of halogens is 1. The molecule has 0 radical (unpaired) electrons. The number of nitrogens with two attached hydrogens (primary N) is 1. The molecule has 1 aromatic carbocycles. The van der Waals surface area contributed by atoms with Gasteiger partial charge in [0, 0.05) is 5.56 Å². The summed E-state index contributed by atoms with van der Waals surface area (Å²) in [6, 6.07) is 2.51. The number of carboxylic acids is 1. The van der Waals surface area contributed by atoms with Gasteiger partial charge < -0.3 is 15.9 Å². The number of alkyl halides is 1. The molecular formula is C9H10FNO3. The van der Waals surface area contributed by atoms with Crippen LogP contribution in [0.1, 0.15) is 17.2 Å². The molecule has 76 valence electrons. The van der Waals surface area contributed by atoms with Crippen LogP contribution in [0.2, 0.25) is 0 Å². The second-order valence-corrected chi connectivity index (χ2v) is 2.84. The number of carbonyl (C=O) groups is 1. The fourth-order valence-corrected chi connectivity index (χ4v) is 1.07. The highest BCUT2D eigenvalue weighted by Gasteiger charge is 2.18. The topological polar surface area (TPSA) is 83.6 Å². The lowest BCUT2D eigenvalue weighted by Crippen LogP contribution is -2.20. The average molecular weight is 199 g/mol. The molecule has 1 unspecified atom stereocenters. The van der Waals surface area contributed by atoms with Gasteiger partial charge in [0.2, 0.25) is 0 Å². The summed E-state index contributed by atoms with van der Waals surface area (Å²) in [5.41, 5.74) is 5.59. The van der Waals surface area contributed by atoms with Crippen molar-refractivity contribution < 1.29 is 19.4 Å². The Hall–Kier alpha value is -1.62. The Labute approximate surface area is 79.8 Å². The van der Waals surface area contributed by atoms with Crippen LogP contribution in [0, 0.1) is 0 Å². The summed E-state index contributed by atoms with van der Waals surface area (Å²) in [6.07, 6.45) is 0. The van der Waals surface area contributed by atoms with Crippen molar-refractivity contribution in [3.8, 4) is 5.75 Å². The molecule has 0 amide bonds. The van der Waals surface area contributed by atoms with E-state index >= 15 is 0 Å². The Morgan fingerprint density at radius 3 is 2.71 bits per heavy atom. The van der Waals surface area contributed by atoms with Gasteiger partial charge in [-0.25, -0.2) is 4.39 Å². The second kappa shape index (κ2) is 4.06. The number of rotatable bonds is 3. The zero-order chi connectivity index (χ0) is 10.7. The molecule has 1 atom stereocenters. The maximum Gasteiger partial charge on any atom is 0.325 e. The number of aromatic hydroxyl groups is 1. The first-order valence-corrected chi connectivity index (χ1v) is 3.92. The van der Waals surface area contributed by atoms with Crippen molar-refractivity contribution in [3.63, 3.8) is 0 Å². The summed E-state index contributed by atoms with van der Waals surface area (Å²) in [5, 5.41) is 17.9. The van der Waals surface area contributed by atoms with Crippen LogP contribution in [-0.4, -0.2) is 16.2 Å². The van der Waals surface area contributed by atoms with Crippen LogP contribution in [0.4, 0.5) is 4.39 Å². The highest BCUT2D eigenvalue weighted by molar-refractivity contribution is 5.76. The molecule has 0 bridgehead atoms. The number of benzene rings is 1. The van der Waals surface area contributed by atoms with E-state index in [4.69, 9.17) is 10.8 Å². The Bertz CT molecular complexity index is 354. The smallest absolute Gasteiger partial charge is 0.325 e. The highest BCUT2D eigenvalue weighted by Crippen LogP contribution is 2.24. The summed E-state index contributed by atoms with van der Waals surface area (Å²) in [6.45, 7) is -0.723. The number of hydrogen-bond acceptors (Lipinski definition) is 3. The van der Waals surface area contributed by atoms with E-state index in [2.05, 4.69) is 0 Å². The van der Waals surface area contributed by atoms with Gasteiger partial charge >= 0.3 is 5.97 Å². The van der Waals surface area contributed by atoms with Crippen molar-refractivity contribution in [2.24, 2.45) is 5.73 Å². The Kier molecular flexibility index (Phi) is 3.03. The molecule has 0 saturated carbocycles. The van der Waals surface area contributed by atoms with Crippen LogP contribution in [0.25, 0.3) is 0 Å². The minimum absolute atomic E-state index is 0.0210. The lowest BCUT2D eigenvalue weighted by atomic mass is 10.0. The van der Waals surface area contributed by atoms with Gasteiger partial charge in [0.1, 0.15) is 18.5 Å². The van der Waals surface area contributed by atoms with E-state index < -0.39 is 18.7 Å². The van der Waals surface area contributed by atoms with Gasteiger partial charge in [-0.15, -0.1) is 0 Å². The molecule has 0 spiro atoms. The Balaban J connectivity index is 3.11. The van der Waals surface area contributed by atoms with Gasteiger partial charge in [-0.3, -0.25) is 4.79 Å². The molecular weight excluding hydrogens is 189 g/mol. The molecule has 4 nitrogen and oxygen atoms in total. The first-order valence-electron chi connectivity index (χ1n) is 3.92. The first-order chi connectivity index (χ1) is 6.56. The van der Waals surface area contributed by atoms with E-state index in [0.717, 1.165) is 0 Å². The number of carboxylic acid groups (broad SMARTS) is 1. The van der Waals surface area contributed by atoms with Crippen LogP contribution in [0.5, 0.6) is 5.75 Å². The molecule has 0 heterocycles. The summed E-state index contributed by atoms with van der Waals surface area (Å²) >= 11 is 0. The van der Waals surface area contributed by atoms with Gasteiger partial charge in [-0.05, 0) is 17.7 Å². The lowest BCUT2D eigenvalue weighted by Gasteiger charge is -2.09. The number of phenolic OH excluding ortho intramolecular Hbond substituents is 1. The molecule has 0 aliphatic heterocycles. The SMILES string of the molecule is NC(C(=O)O)c1cc(CF)ccc1O. The van der Waals surface area contributed by atoms with E-state index in [1.807, 2.05) is 0 Å². The van der Waals surface area contributed by atoms with E-state index in [1.54, 1.807) is 0 Å². The molecule has 1 aromatic rings. The minimum atomic E-state index is -1.33. The largest absolute Gasteiger partial charge is 0.508 e.